The summed E-state index contributed by atoms with van der Waals surface area (Å²) in [5.41, 5.74) is 2.16. The minimum Gasteiger partial charge on any atom is -0.465 e. The van der Waals surface area contributed by atoms with Crippen molar-refractivity contribution in [2.45, 2.75) is 26.4 Å². The maximum atomic E-state index is 13.4. The lowest BCUT2D eigenvalue weighted by molar-refractivity contribution is -0.168. The summed E-state index contributed by atoms with van der Waals surface area (Å²) >= 11 is 0. The van der Waals surface area contributed by atoms with Gasteiger partial charge in [-0.05, 0) is 31.0 Å². The van der Waals surface area contributed by atoms with Crippen LogP contribution in [0.1, 0.15) is 30.9 Å². The maximum Gasteiger partial charge on any atom is 0.321 e. The smallest absolute Gasteiger partial charge is 0.321 e. The maximum absolute atomic E-state index is 13.4. The number of carbonyl (C=O) groups excluding carboxylic acids is 3. The van der Waals surface area contributed by atoms with Crippen LogP contribution in [0.3, 0.4) is 0 Å². The van der Waals surface area contributed by atoms with Crippen molar-refractivity contribution in [3.63, 3.8) is 0 Å². The highest BCUT2D eigenvalue weighted by Gasteiger charge is 2.45. The molecule has 7 nitrogen and oxygen atoms in total. The summed E-state index contributed by atoms with van der Waals surface area (Å²) in [6, 6.07) is 16.6. The first-order valence-corrected chi connectivity index (χ1v) is 10.6. The number of para-hydroxylation sites is 1. The van der Waals surface area contributed by atoms with E-state index in [-0.39, 0.29) is 19.8 Å². The van der Waals surface area contributed by atoms with Crippen LogP contribution >= 0.6 is 0 Å². The molecule has 2 aromatic carbocycles. The van der Waals surface area contributed by atoms with Crippen LogP contribution in [0.5, 0.6) is 0 Å². The average Bonchev–Trinajstić information content (AvgIpc) is 3.13. The first kappa shape index (κ1) is 23.1. The Morgan fingerprint density at radius 3 is 2.03 bits per heavy atom. The number of ether oxygens (including phenoxy) is 3. The standard InChI is InChI=1S/C25H27NO6/c1-4-30-24(28)22(25(29)31-5-2)21(23(27)32-16-17-11-7-6-8-12-17)19-15-26(3)20-14-10-9-13-18(19)20/h6-15,21-22H,4-5,16H2,1-3H3/t21-/m0/s1. The first-order chi connectivity index (χ1) is 15.5. The van der Waals surface area contributed by atoms with Crippen LogP contribution in [0.15, 0.2) is 60.8 Å². The molecule has 0 aliphatic rings. The van der Waals surface area contributed by atoms with E-state index in [0.29, 0.717) is 5.56 Å². The molecule has 0 saturated carbocycles. The number of carbonyl (C=O) groups is 3. The number of rotatable bonds is 9. The Kier molecular flexibility index (Phi) is 7.65. The van der Waals surface area contributed by atoms with Crippen molar-refractivity contribution in [3.05, 3.63) is 71.9 Å². The lowest BCUT2D eigenvalue weighted by atomic mass is 9.85. The molecule has 7 heteroatoms. The van der Waals surface area contributed by atoms with Gasteiger partial charge in [0.05, 0.1) is 13.2 Å². The Morgan fingerprint density at radius 1 is 0.812 bits per heavy atom. The molecule has 0 bridgehead atoms. The van der Waals surface area contributed by atoms with Crippen LogP contribution in [0.25, 0.3) is 10.9 Å². The van der Waals surface area contributed by atoms with Crippen molar-refractivity contribution >= 4 is 28.8 Å². The fourth-order valence-corrected chi connectivity index (χ4v) is 3.71. The molecule has 0 unspecified atom stereocenters. The third-order valence-corrected chi connectivity index (χ3v) is 5.16. The third-order valence-electron chi connectivity index (χ3n) is 5.16. The van der Waals surface area contributed by atoms with Gasteiger partial charge in [0.2, 0.25) is 0 Å². The Balaban J connectivity index is 2.07. The molecule has 0 N–H and O–H groups in total. The summed E-state index contributed by atoms with van der Waals surface area (Å²) in [7, 11) is 1.84. The molecule has 0 aliphatic carbocycles. The lowest BCUT2D eigenvalue weighted by Crippen LogP contribution is -2.37. The monoisotopic (exact) mass is 437 g/mol. The van der Waals surface area contributed by atoms with Crippen molar-refractivity contribution < 1.29 is 28.6 Å². The third kappa shape index (κ3) is 4.99. The molecule has 168 valence electrons. The van der Waals surface area contributed by atoms with Crippen LogP contribution in [-0.2, 0) is 42.2 Å². The van der Waals surface area contributed by atoms with Crippen LogP contribution in [0, 0.1) is 5.92 Å². The van der Waals surface area contributed by atoms with E-state index in [1.807, 2.05) is 66.2 Å². The zero-order valence-corrected chi connectivity index (χ0v) is 18.4. The molecule has 3 aromatic rings. The number of hydrogen-bond acceptors (Lipinski definition) is 6. The topological polar surface area (TPSA) is 83.8 Å². The van der Waals surface area contributed by atoms with Crippen LogP contribution in [0.2, 0.25) is 0 Å². The van der Waals surface area contributed by atoms with Crippen molar-refractivity contribution in [3.8, 4) is 0 Å². The molecular weight excluding hydrogens is 410 g/mol. The highest BCUT2D eigenvalue weighted by molar-refractivity contribution is 6.03. The van der Waals surface area contributed by atoms with E-state index in [1.54, 1.807) is 20.0 Å². The van der Waals surface area contributed by atoms with Gasteiger partial charge in [-0.15, -0.1) is 0 Å². The van der Waals surface area contributed by atoms with Crippen molar-refractivity contribution in [1.82, 2.24) is 4.57 Å². The Morgan fingerprint density at radius 2 is 1.41 bits per heavy atom. The minimum absolute atomic E-state index is 0.0132. The summed E-state index contributed by atoms with van der Waals surface area (Å²) in [4.78, 5) is 39.1. The summed E-state index contributed by atoms with van der Waals surface area (Å²) < 4.78 is 17.7. The molecule has 0 amide bonds. The molecule has 0 radical (unpaired) electrons. The van der Waals surface area contributed by atoms with Gasteiger partial charge in [0.1, 0.15) is 12.5 Å². The van der Waals surface area contributed by atoms with Crippen LogP contribution in [0.4, 0.5) is 0 Å². The van der Waals surface area contributed by atoms with Crippen LogP contribution < -0.4 is 0 Å². The van der Waals surface area contributed by atoms with E-state index in [4.69, 9.17) is 14.2 Å². The molecule has 1 heterocycles. The Bertz CT molecular complexity index is 1070. The predicted molar refractivity (Wildman–Crippen MR) is 119 cm³/mol. The van der Waals surface area contributed by atoms with Crippen LogP contribution in [-0.4, -0.2) is 35.7 Å². The van der Waals surface area contributed by atoms with Crippen molar-refractivity contribution in [1.29, 1.82) is 0 Å². The quantitative estimate of drug-likeness (QED) is 0.288. The zero-order chi connectivity index (χ0) is 23.1. The van der Waals surface area contributed by atoms with E-state index >= 15 is 0 Å². The van der Waals surface area contributed by atoms with Gasteiger partial charge >= 0.3 is 17.9 Å². The molecule has 0 fully saturated rings. The van der Waals surface area contributed by atoms with E-state index < -0.39 is 29.7 Å². The average molecular weight is 437 g/mol. The number of benzene rings is 2. The van der Waals surface area contributed by atoms with Gasteiger partial charge in [-0.3, -0.25) is 14.4 Å². The summed E-state index contributed by atoms with van der Waals surface area (Å²) in [6.45, 7) is 3.42. The van der Waals surface area contributed by atoms with Crippen molar-refractivity contribution in [2.75, 3.05) is 13.2 Å². The van der Waals surface area contributed by atoms with Gasteiger partial charge < -0.3 is 18.8 Å². The summed E-state index contributed by atoms with van der Waals surface area (Å²) in [5, 5.41) is 0.746. The highest BCUT2D eigenvalue weighted by atomic mass is 16.6. The van der Waals surface area contributed by atoms with Gasteiger partial charge in [0.25, 0.3) is 0 Å². The fourth-order valence-electron chi connectivity index (χ4n) is 3.71. The Labute approximate surface area is 186 Å². The molecule has 1 atom stereocenters. The molecule has 3 rings (SSSR count). The normalized spacial score (nSPS) is 11.9. The molecule has 32 heavy (non-hydrogen) atoms. The molecule has 0 spiro atoms. The second-order valence-electron chi connectivity index (χ2n) is 7.27. The van der Waals surface area contributed by atoms with E-state index in [1.165, 1.54) is 0 Å². The summed E-state index contributed by atoms with van der Waals surface area (Å²) in [6.07, 6.45) is 1.74. The number of esters is 3. The number of aromatic nitrogens is 1. The van der Waals surface area contributed by atoms with E-state index in [2.05, 4.69) is 0 Å². The van der Waals surface area contributed by atoms with Gasteiger partial charge in [-0.25, -0.2) is 0 Å². The largest absolute Gasteiger partial charge is 0.465 e. The number of nitrogens with zero attached hydrogens (tertiary/aromatic N) is 1. The van der Waals surface area contributed by atoms with Gasteiger partial charge in [0, 0.05) is 24.1 Å². The molecular formula is C25H27NO6. The second kappa shape index (κ2) is 10.6. The lowest BCUT2D eigenvalue weighted by Gasteiger charge is -2.23. The number of hydrogen-bond donors (Lipinski definition) is 0. The van der Waals surface area contributed by atoms with Gasteiger partial charge in [-0.1, -0.05) is 48.5 Å². The zero-order valence-electron chi connectivity index (χ0n) is 18.4. The van der Waals surface area contributed by atoms with Crippen molar-refractivity contribution in [2.24, 2.45) is 13.0 Å². The Hall–Kier alpha value is -3.61. The predicted octanol–water partition coefficient (Wildman–Crippen LogP) is 3.75. The second-order valence-corrected chi connectivity index (χ2v) is 7.27. The van der Waals surface area contributed by atoms with E-state index in [0.717, 1.165) is 16.5 Å². The van der Waals surface area contributed by atoms with E-state index in [9.17, 15) is 14.4 Å². The number of aryl methyl sites for hydroxylation is 1. The summed E-state index contributed by atoms with van der Waals surface area (Å²) in [5.74, 6) is -5.04. The van der Waals surface area contributed by atoms with Gasteiger partial charge in [0.15, 0.2) is 5.92 Å². The number of fused-ring (bicyclic) bond motifs is 1. The first-order valence-electron chi connectivity index (χ1n) is 10.6. The fraction of sp³-hybridized carbons (Fsp3) is 0.320. The molecule has 0 saturated heterocycles. The SMILES string of the molecule is CCOC(=O)C(C(=O)OCC)[C@@H](C(=O)OCc1ccccc1)c1cn(C)c2ccccc12. The highest BCUT2D eigenvalue weighted by Crippen LogP contribution is 2.35. The molecule has 0 aliphatic heterocycles. The minimum atomic E-state index is -1.48. The van der Waals surface area contributed by atoms with Gasteiger partial charge in [-0.2, -0.15) is 0 Å². The molecule has 1 aromatic heterocycles.